The summed E-state index contributed by atoms with van der Waals surface area (Å²) < 4.78 is 1.81. The second-order valence-corrected chi connectivity index (χ2v) is 8.59. The van der Waals surface area contributed by atoms with Crippen molar-refractivity contribution in [3.8, 4) is 0 Å². The van der Waals surface area contributed by atoms with Gasteiger partial charge < -0.3 is 0 Å². The van der Waals surface area contributed by atoms with Crippen LogP contribution in [0.25, 0.3) is 0 Å². The maximum atomic E-state index is 4.99. The molecule has 0 saturated carbocycles. The molecule has 6 heteroatoms. The monoisotopic (exact) mass is 322 g/mol. The molecule has 104 valence electrons. The van der Waals surface area contributed by atoms with E-state index in [1.165, 1.54) is 57.1 Å². The van der Waals surface area contributed by atoms with Gasteiger partial charge in [0, 0.05) is 5.75 Å². The molecule has 0 aliphatic rings. The first-order valence-corrected chi connectivity index (χ1v) is 10.2. The highest BCUT2D eigenvalue weighted by atomic mass is 33.1. The normalized spacial score (nSPS) is 10.9. The van der Waals surface area contributed by atoms with Gasteiger partial charge in [-0.1, -0.05) is 74.0 Å². The predicted molar refractivity (Wildman–Crippen MR) is 88.2 cm³/mol. The molecule has 0 radical (unpaired) electrons. The summed E-state index contributed by atoms with van der Waals surface area (Å²) in [5.41, 5.74) is 0. The number of nitrogens with one attached hydrogen (secondary N) is 1. The van der Waals surface area contributed by atoms with Crippen LogP contribution in [-0.2, 0) is 0 Å². The molecule has 0 atom stereocenters. The van der Waals surface area contributed by atoms with Crippen molar-refractivity contribution in [2.75, 3.05) is 5.75 Å². The topological polar surface area (TPSA) is 28.7 Å². The summed E-state index contributed by atoms with van der Waals surface area (Å²) in [4.78, 5) is 0. The standard InChI is InChI=1S/C12H22N2S4/c1-2-3-4-5-6-7-8-9-10-16-18-12-14-13-11(15)17-12/h2-10H2,1H3,(H,13,15). The van der Waals surface area contributed by atoms with E-state index in [0.29, 0.717) is 0 Å². The maximum absolute atomic E-state index is 4.99. The number of aromatic nitrogens is 2. The van der Waals surface area contributed by atoms with Crippen molar-refractivity contribution in [3.63, 3.8) is 0 Å². The average molecular weight is 323 g/mol. The van der Waals surface area contributed by atoms with Gasteiger partial charge in [0.25, 0.3) is 0 Å². The summed E-state index contributed by atoms with van der Waals surface area (Å²) >= 11 is 6.55. The molecule has 0 spiro atoms. The van der Waals surface area contributed by atoms with E-state index in [-0.39, 0.29) is 0 Å². The minimum Gasteiger partial charge on any atom is -0.257 e. The molecule has 0 fully saturated rings. The SMILES string of the molecule is CCCCCCCCCCSSc1n[nH]c(=S)s1. The molecule has 1 rings (SSSR count). The Morgan fingerprint density at radius 1 is 1.11 bits per heavy atom. The lowest BCUT2D eigenvalue weighted by Gasteiger charge is -2.00. The lowest BCUT2D eigenvalue weighted by atomic mass is 10.1. The second kappa shape index (κ2) is 11.3. The summed E-state index contributed by atoms with van der Waals surface area (Å²) in [6, 6.07) is 0. The summed E-state index contributed by atoms with van der Waals surface area (Å²) in [6.45, 7) is 2.27. The minimum absolute atomic E-state index is 0.769. The van der Waals surface area contributed by atoms with Crippen molar-refractivity contribution in [1.29, 1.82) is 0 Å². The zero-order valence-corrected chi connectivity index (χ0v) is 14.2. The number of hydrogen-bond acceptors (Lipinski definition) is 5. The molecular weight excluding hydrogens is 300 g/mol. The quantitative estimate of drug-likeness (QED) is 0.303. The van der Waals surface area contributed by atoms with E-state index >= 15 is 0 Å². The van der Waals surface area contributed by atoms with Gasteiger partial charge in [0.05, 0.1) is 0 Å². The minimum atomic E-state index is 0.769. The fourth-order valence-corrected chi connectivity index (χ4v) is 5.15. The van der Waals surface area contributed by atoms with Crippen LogP contribution in [0.3, 0.4) is 0 Å². The predicted octanol–water partition coefficient (Wildman–Crippen LogP) is 6.08. The van der Waals surface area contributed by atoms with E-state index in [4.69, 9.17) is 12.2 Å². The van der Waals surface area contributed by atoms with E-state index in [1.54, 1.807) is 22.1 Å². The van der Waals surface area contributed by atoms with Crippen LogP contribution in [0.4, 0.5) is 0 Å². The third-order valence-corrected chi connectivity index (χ3v) is 6.46. The van der Waals surface area contributed by atoms with Gasteiger partial charge in [-0.05, 0) is 29.4 Å². The van der Waals surface area contributed by atoms with Gasteiger partial charge in [0.2, 0.25) is 0 Å². The first kappa shape index (κ1) is 16.5. The molecule has 0 aromatic carbocycles. The Morgan fingerprint density at radius 3 is 2.39 bits per heavy atom. The van der Waals surface area contributed by atoms with E-state index in [2.05, 4.69) is 17.1 Å². The first-order chi connectivity index (χ1) is 8.83. The molecule has 0 amide bonds. The van der Waals surface area contributed by atoms with Crippen LogP contribution < -0.4 is 0 Å². The van der Waals surface area contributed by atoms with Crippen LogP contribution in [-0.4, -0.2) is 16.0 Å². The lowest BCUT2D eigenvalue weighted by Crippen LogP contribution is -1.82. The van der Waals surface area contributed by atoms with Crippen LogP contribution in [0.2, 0.25) is 0 Å². The Hall–Kier alpha value is 0.480. The average Bonchev–Trinajstić information content (AvgIpc) is 2.77. The number of nitrogens with zero attached hydrogens (tertiary/aromatic N) is 1. The van der Waals surface area contributed by atoms with Gasteiger partial charge in [-0.25, -0.2) is 0 Å². The van der Waals surface area contributed by atoms with Gasteiger partial charge in [-0.3, -0.25) is 5.10 Å². The van der Waals surface area contributed by atoms with Crippen molar-refractivity contribution in [2.45, 2.75) is 62.6 Å². The first-order valence-electron chi connectivity index (χ1n) is 6.68. The van der Waals surface area contributed by atoms with Crippen molar-refractivity contribution in [1.82, 2.24) is 10.2 Å². The Balaban J connectivity index is 1.83. The Labute approximate surface area is 127 Å². The zero-order valence-electron chi connectivity index (χ0n) is 10.9. The molecule has 1 aromatic rings. The molecule has 2 nitrogen and oxygen atoms in total. The molecular formula is C12H22N2S4. The second-order valence-electron chi connectivity index (χ2n) is 4.26. The Morgan fingerprint density at radius 2 is 1.78 bits per heavy atom. The summed E-state index contributed by atoms with van der Waals surface area (Å²) in [6.07, 6.45) is 11.1. The third-order valence-electron chi connectivity index (χ3n) is 2.63. The van der Waals surface area contributed by atoms with Crippen molar-refractivity contribution >= 4 is 45.1 Å². The van der Waals surface area contributed by atoms with Crippen LogP contribution in [0.1, 0.15) is 58.3 Å². The number of rotatable bonds is 11. The molecule has 0 aliphatic carbocycles. The summed E-state index contributed by atoms with van der Waals surface area (Å²) in [7, 11) is 3.63. The molecule has 0 aliphatic heterocycles. The molecule has 0 saturated heterocycles. The number of aromatic amines is 1. The largest absolute Gasteiger partial charge is 0.257 e. The van der Waals surface area contributed by atoms with Gasteiger partial charge in [-0.15, -0.1) is 0 Å². The molecule has 1 heterocycles. The number of hydrogen-bond donors (Lipinski definition) is 1. The van der Waals surface area contributed by atoms with E-state index in [1.807, 2.05) is 10.8 Å². The fourth-order valence-electron chi connectivity index (χ4n) is 1.64. The van der Waals surface area contributed by atoms with Crippen LogP contribution >= 0.6 is 45.1 Å². The molecule has 0 unspecified atom stereocenters. The van der Waals surface area contributed by atoms with Crippen LogP contribution in [0.5, 0.6) is 0 Å². The van der Waals surface area contributed by atoms with Crippen molar-refractivity contribution in [3.05, 3.63) is 3.95 Å². The lowest BCUT2D eigenvalue weighted by molar-refractivity contribution is 0.586. The number of unbranched alkanes of at least 4 members (excludes halogenated alkanes) is 7. The zero-order chi connectivity index (χ0) is 13.1. The molecule has 18 heavy (non-hydrogen) atoms. The highest BCUT2D eigenvalue weighted by Crippen LogP contribution is 2.32. The fraction of sp³-hybridized carbons (Fsp3) is 0.833. The van der Waals surface area contributed by atoms with Crippen molar-refractivity contribution in [2.24, 2.45) is 0 Å². The molecule has 1 aromatic heterocycles. The molecule has 1 N–H and O–H groups in total. The van der Waals surface area contributed by atoms with Gasteiger partial charge in [-0.2, -0.15) is 5.10 Å². The van der Waals surface area contributed by atoms with E-state index < -0.39 is 0 Å². The maximum Gasteiger partial charge on any atom is 0.183 e. The van der Waals surface area contributed by atoms with Gasteiger partial charge in [0.1, 0.15) is 0 Å². The van der Waals surface area contributed by atoms with Crippen LogP contribution in [0.15, 0.2) is 4.34 Å². The van der Waals surface area contributed by atoms with Gasteiger partial charge in [0.15, 0.2) is 8.29 Å². The van der Waals surface area contributed by atoms with Crippen LogP contribution in [0, 0.1) is 3.95 Å². The molecule has 0 bridgehead atoms. The summed E-state index contributed by atoms with van der Waals surface area (Å²) in [5.74, 6) is 1.21. The Bertz CT molecular complexity index is 348. The highest BCUT2D eigenvalue weighted by Gasteiger charge is 1.99. The number of H-pyrrole nitrogens is 1. The van der Waals surface area contributed by atoms with Crippen molar-refractivity contribution < 1.29 is 0 Å². The van der Waals surface area contributed by atoms with E-state index in [0.717, 1.165) is 8.29 Å². The smallest absolute Gasteiger partial charge is 0.183 e. The van der Waals surface area contributed by atoms with E-state index in [9.17, 15) is 0 Å². The third kappa shape index (κ3) is 8.56. The highest BCUT2D eigenvalue weighted by molar-refractivity contribution is 8.77. The Kier molecular flexibility index (Phi) is 10.4. The van der Waals surface area contributed by atoms with Gasteiger partial charge >= 0.3 is 0 Å². The summed E-state index contributed by atoms with van der Waals surface area (Å²) in [5, 5.41) is 6.93.